The van der Waals surface area contributed by atoms with Crippen LogP contribution >= 0.6 is 0 Å². The van der Waals surface area contributed by atoms with Crippen molar-refractivity contribution in [2.45, 2.75) is 13.8 Å². The van der Waals surface area contributed by atoms with E-state index in [2.05, 4.69) is 25.5 Å². The van der Waals surface area contributed by atoms with Gasteiger partial charge < -0.3 is 10.1 Å². The fraction of sp³-hybridized carbons (Fsp3) is 0.214. The van der Waals surface area contributed by atoms with Crippen molar-refractivity contribution in [1.29, 1.82) is 0 Å². The highest BCUT2D eigenvalue weighted by molar-refractivity contribution is 5.87. The molecule has 2 heterocycles. The lowest BCUT2D eigenvalue weighted by molar-refractivity contribution is 0.338. The lowest BCUT2D eigenvalue weighted by atomic mass is 10.2. The molecule has 0 unspecified atom stereocenters. The summed E-state index contributed by atoms with van der Waals surface area (Å²) in [5.41, 5.74) is 2.74. The fourth-order valence-corrected chi connectivity index (χ4v) is 2.05. The first-order chi connectivity index (χ1) is 9.78. The molecule has 6 heteroatoms. The van der Waals surface area contributed by atoms with Gasteiger partial charge in [0.15, 0.2) is 5.65 Å². The van der Waals surface area contributed by atoms with Gasteiger partial charge >= 0.3 is 0 Å². The van der Waals surface area contributed by atoms with Crippen molar-refractivity contribution >= 4 is 22.5 Å². The quantitative estimate of drug-likeness (QED) is 0.761. The molecule has 2 aromatic heterocycles. The number of nitrogens with one attached hydrogen (secondary N) is 2. The van der Waals surface area contributed by atoms with E-state index in [0.29, 0.717) is 12.3 Å². The maximum atomic E-state index is 5.53. The molecular weight excluding hydrogens is 254 g/mol. The molecule has 0 aliphatic carbocycles. The van der Waals surface area contributed by atoms with Crippen LogP contribution in [0.25, 0.3) is 11.0 Å². The van der Waals surface area contributed by atoms with Crippen LogP contribution < -0.4 is 10.1 Å². The van der Waals surface area contributed by atoms with E-state index >= 15 is 0 Å². The Morgan fingerprint density at radius 1 is 1.30 bits per heavy atom. The first-order valence-electron chi connectivity index (χ1n) is 6.42. The van der Waals surface area contributed by atoms with Crippen LogP contribution in [0.5, 0.6) is 5.75 Å². The molecule has 0 saturated carbocycles. The highest BCUT2D eigenvalue weighted by atomic mass is 16.5. The summed E-state index contributed by atoms with van der Waals surface area (Å²) in [4.78, 5) is 8.36. The van der Waals surface area contributed by atoms with Gasteiger partial charge in [-0.3, -0.25) is 5.10 Å². The molecule has 0 amide bonds. The van der Waals surface area contributed by atoms with Gasteiger partial charge in [0.1, 0.15) is 17.9 Å². The molecule has 0 radical (unpaired) electrons. The van der Waals surface area contributed by atoms with Gasteiger partial charge in [0.05, 0.1) is 18.2 Å². The largest absolute Gasteiger partial charge is 0.494 e. The summed E-state index contributed by atoms with van der Waals surface area (Å²) in [6.07, 6.45) is 3.21. The molecule has 102 valence electrons. The Kier molecular flexibility index (Phi) is 3.20. The third-order valence-corrected chi connectivity index (χ3v) is 2.99. The third-order valence-electron chi connectivity index (χ3n) is 2.99. The van der Waals surface area contributed by atoms with Crippen LogP contribution in [0.3, 0.4) is 0 Å². The standard InChI is InChI=1S/C14H15N5O/c1-3-20-12-5-4-10(6-9(12)2)18-13-11-7-17-19-14(11)16-8-15-13/h4-8H,3H2,1-2H3,(H2,15,16,17,18,19). The van der Waals surface area contributed by atoms with Crippen LogP contribution in [-0.2, 0) is 0 Å². The van der Waals surface area contributed by atoms with Crippen molar-refractivity contribution in [2.24, 2.45) is 0 Å². The van der Waals surface area contributed by atoms with E-state index in [1.165, 1.54) is 6.33 Å². The van der Waals surface area contributed by atoms with E-state index in [9.17, 15) is 0 Å². The second-order valence-corrected chi connectivity index (χ2v) is 4.39. The van der Waals surface area contributed by atoms with Gasteiger partial charge in [-0.1, -0.05) is 0 Å². The van der Waals surface area contributed by atoms with Crippen molar-refractivity contribution < 1.29 is 4.74 Å². The molecule has 3 aromatic rings. The summed E-state index contributed by atoms with van der Waals surface area (Å²) >= 11 is 0. The Morgan fingerprint density at radius 3 is 3.00 bits per heavy atom. The number of ether oxygens (including phenoxy) is 1. The molecular formula is C14H15N5O. The smallest absolute Gasteiger partial charge is 0.160 e. The van der Waals surface area contributed by atoms with Crippen LogP contribution in [0.2, 0.25) is 0 Å². The molecule has 1 aromatic carbocycles. The first-order valence-corrected chi connectivity index (χ1v) is 6.42. The van der Waals surface area contributed by atoms with Crippen molar-refractivity contribution in [1.82, 2.24) is 20.2 Å². The first kappa shape index (κ1) is 12.4. The molecule has 20 heavy (non-hydrogen) atoms. The number of aromatic nitrogens is 4. The second kappa shape index (κ2) is 5.16. The van der Waals surface area contributed by atoms with Gasteiger partial charge in [-0.25, -0.2) is 9.97 Å². The summed E-state index contributed by atoms with van der Waals surface area (Å²) in [7, 11) is 0. The molecule has 0 saturated heterocycles. The molecule has 0 aliphatic heterocycles. The zero-order chi connectivity index (χ0) is 13.9. The maximum absolute atomic E-state index is 5.53. The number of benzene rings is 1. The lowest BCUT2D eigenvalue weighted by Crippen LogP contribution is -1.97. The SMILES string of the molecule is CCOc1ccc(Nc2ncnc3[nH]ncc23)cc1C. The highest BCUT2D eigenvalue weighted by Gasteiger charge is 2.06. The number of H-pyrrole nitrogens is 1. The van der Waals surface area contributed by atoms with Gasteiger partial charge in [-0.05, 0) is 37.6 Å². The predicted octanol–water partition coefficient (Wildman–Crippen LogP) is 2.80. The minimum absolute atomic E-state index is 0.662. The molecule has 0 bridgehead atoms. The number of anilines is 2. The molecule has 0 aliphatic rings. The zero-order valence-electron chi connectivity index (χ0n) is 11.3. The predicted molar refractivity (Wildman–Crippen MR) is 77.3 cm³/mol. The van der Waals surface area contributed by atoms with Gasteiger partial charge in [0.25, 0.3) is 0 Å². The number of nitrogens with zero attached hydrogens (tertiary/aromatic N) is 3. The molecule has 0 spiro atoms. The van der Waals surface area contributed by atoms with E-state index in [0.717, 1.165) is 28.2 Å². The summed E-state index contributed by atoms with van der Waals surface area (Å²) in [6.45, 7) is 4.65. The van der Waals surface area contributed by atoms with E-state index in [1.807, 2.05) is 32.0 Å². The van der Waals surface area contributed by atoms with E-state index in [4.69, 9.17) is 4.74 Å². The Balaban J connectivity index is 1.91. The lowest BCUT2D eigenvalue weighted by Gasteiger charge is -2.10. The van der Waals surface area contributed by atoms with Crippen LogP contribution in [-0.4, -0.2) is 26.8 Å². The normalized spacial score (nSPS) is 10.7. The van der Waals surface area contributed by atoms with E-state index < -0.39 is 0 Å². The Bertz CT molecular complexity index is 737. The third kappa shape index (κ3) is 2.27. The van der Waals surface area contributed by atoms with E-state index in [1.54, 1.807) is 6.20 Å². The number of aromatic amines is 1. The average molecular weight is 269 g/mol. The number of aryl methyl sites for hydroxylation is 1. The minimum Gasteiger partial charge on any atom is -0.494 e. The summed E-state index contributed by atoms with van der Waals surface area (Å²) in [5, 5.41) is 10.9. The zero-order valence-corrected chi connectivity index (χ0v) is 11.3. The molecule has 6 nitrogen and oxygen atoms in total. The van der Waals surface area contributed by atoms with Crippen molar-refractivity contribution in [2.75, 3.05) is 11.9 Å². The number of rotatable bonds is 4. The van der Waals surface area contributed by atoms with Crippen LogP contribution in [0.4, 0.5) is 11.5 Å². The van der Waals surface area contributed by atoms with Crippen molar-refractivity contribution in [3.63, 3.8) is 0 Å². The van der Waals surface area contributed by atoms with Crippen LogP contribution in [0.1, 0.15) is 12.5 Å². The van der Waals surface area contributed by atoms with Crippen molar-refractivity contribution in [3.05, 3.63) is 36.3 Å². The van der Waals surface area contributed by atoms with Crippen molar-refractivity contribution in [3.8, 4) is 5.75 Å². The summed E-state index contributed by atoms with van der Waals surface area (Å²) < 4.78 is 5.53. The molecule has 2 N–H and O–H groups in total. The van der Waals surface area contributed by atoms with Crippen LogP contribution in [0, 0.1) is 6.92 Å². The van der Waals surface area contributed by atoms with E-state index in [-0.39, 0.29) is 0 Å². The van der Waals surface area contributed by atoms with Gasteiger partial charge in [0.2, 0.25) is 0 Å². The topological polar surface area (TPSA) is 75.7 Å². The van der Waals surface area contributed by atoms with Gasteiger partial charge in [-0.15, -0.1) is 0 Å². The second-order valence-electron chi connectivity index (χ2n) is 4.39. The highest BCUT2D eigenvalue weighted by Crippen LogP contribution is 2.26. The Labute approximate surface area is 116 Å². The Hall–Kier alpha value is -2.63. The summed E-state index contributed by atoms with van der Waals surface area (Å²) in [6, 6.07) is 5.94. The fourth-order valence-electron chi connectivity index (χ4n) is 2.05. The molecule has 3 rings (SSSR count). The molecule has 0 atom stereocenters. The maximum Gasteiger partial charge on any atom is 0.160 e. The van der Waals surface area contributed by atoms with Gasteiger partial charge in [-0.2, -0.15) is 5.10 Å². The summed E-state index contributed by atoms with van der Waals surface area (Å²) in [5.74, 6) is 1.63. The Morgan fingerprint density at radius 2 is 2.20 bits per heavy atom. The van der Waals surface area contributed by atoms with Crippen LogP contribution in [0.15, 0.2) is 30.7 Å². The average Bonchev–Trinajstić information content (AvgIpc) is 2.91. The minimum atomic E-state index is 0.662. The molecule has 0 fully saturated rings. The number of fused-ring (bicyclic) bond motifs is 1. The number of hydrogen-bond acceptors (Lipinski definition) is 5. The monoisotopic (exact) mass is 269 g/mol. The number of hydrogen-bond donors (Lipinski definition) is 2. The van der Waals surface area contributed by atoms with Gasteiger partial charge in [0, 0.05) is 5.69 Å².